The highest BCUT2D eigenvalue weighted by molar-refractivity contribution is 7.24. The van der Waals surface area contributed by atoms with E-state index in [1.165, 1.54) is 64.1 Å². The van der Waals surface area contributed by atoms with Gasteiger partial charge in [0, 0.05) is 20.2 Å². The smallest absolute Gasteiger partial charge is 0.0754 e. The second-order valence-corrected chi connectivity index (χ2v) is 9.78. The molecule has 4 saturated carbocycles. The Kier molecular flexibility index (Phi) is 3.00. The van der Waals surface area contributed by atoms with Gasteiger partial charge in [-0.3, -0.25) is 4.99 Å². The van der Waals surface area contributed by atoms with Gasteiger partial charge < -0.3 is 0 Å². The van der Waals surface area contributed by atoms with Gasteiger partial charge in [0.1, 0.15) is 0 Å². The van der Waals surface area contributed by atoms with E-state index >= 15 is 0 Å². The molecule has 0 saturated heterocycles. The largest absolute Gasteiger partial charge is 0.277 e. The molecule has 25 heavy (non-hydrogen) atoms. The minimum absolute atomic E-state index is 0.228. The van der Waals surface area contributed by atoms with Crippen molar-refractivity contribution in [1.29, 1.82) is 0 Å². The van der Waals surface area contributed by atoms with Crippen molar-refractivity contribution in [1.82, 2.24) is 0 Å². The molecule has 0 aliphatic heterocycles. The van der Waals surface area contributed by atoms with Crippen molar-refractivity contribution in [3.05, 3.63) is 53.9 Å². The monoisotopic (exact) mass is 345 g/mol. The molecule has 0 N–H and O–H groups in total. The fourth-order valence-electron chi connectivity index (χ4n) is 6.33. The molecule has 4 fully saturated rings. The van der Waals surface area contributed by atoms with Crippen LogP contribution in [0.3, 0.4) is 0 Å². The van der Waals surface area contributed by atoms with Crippen LogP contribution in [0.4, 0.5) is 0 Å². The summed E-state index contributed by atoms with van der Waals surface area (Å²) in [6, 6.07) is 17.7. The van der Waals surface area contributed by atoms with Crippen molar-refractivity contribution < 1.29 is 0 Å². The summed E-state index contributed by atoms with van der Waals surface area (Å²) in [5, 5.41) is 3.97. The Labute approximate surface area is 152 Å². The van der Waals surface area contributed by atoms with E-state index in [-0.39, 0.29) is 5.54 Å². The number of hydrogen-bond acceptors (Lipinski definition) is 2. The van der Waals surface area contributed by atoms with E-state index in [2.05, 4.69) is 48.5 Å². The summed E-state index contributed by atoms with van der Waals surface area (Å²) in [5.74, 6) is 2.83. The molecule has 1 nitrogen and oxygen atoms in total. The molecule has 1 aromatic heterocycles. The van der Waals surface area contributed by atoms with Gasteiger partial charge in [0.25, 0.3) is 0 Å². The molecule has 0 spiro atoms. The average Bonchev–Trinajstić information content (AvgIpc) is 2.60. The first-order valence-electron chi connectivity index (χ1n) is 9.75. The lowest BCUT2D eigenvalue weighted by molar-refractivity contribution is -0.000000931. The van der Waals surface area contributed by atoms with Crippen molar-refractivity contribution in [2.75, 3.05) is 0 Å². The van der Waals surface area contributed by atoms with Crippen molar-refractivity contribution in [3.63, 3.8) is 0 Å². The minimum atomic E-state index is 0.228. The van der Waals surface area contributed by atoms with Crippen molar-refractivity contribution in [2.45, 2.75) is 44.1 Å². The van der Waals surface area contributed by atoms with Gasteiger partial charge in [-0.1, -0.05) is 36.4 Å². The molecule has 126 valence electrons. The third kappa shape index (κ3) is 2.23. The lowest BCUT2D eigenvalue weighted by Gasteiger charge is -2.55. The summed E-state index contributed by atoms with van der Waals surface area (Å²) in [4.78, 5) is 5.61. The first-order chi connectivity index (χ1) is 12.3. The van der Waals surface area contributed by atoms with Crippen LogP contribution in [-0.4, -0.2) is 5.54 Å². The van der Waals surface area contributed by atoms with E-state index in [9.17, 15) is 0 Å². The van der Waals surface area contributed by atoms with Gasteiger partial charge in [-0.2, -0.15) is 0 Å². The highest BCUT2D eigenvalue weighted by Gasteiger charge is 2.50. The summed E-state index contributed by atoms with van der Waals surface area (Å²) < 4.78 is 2.73. The van der Waals surface area contributed by atoms with E-state index in [0.717, 1.165) is 17.8 Å². The van der Waals surface area contributed by atoms with Crippen LogP contribution in [-0.2, 0) is 0 Å². The van der Waals surface area contributed by atoms with Crippen molar-refractivity contribution >= 4 is 31.5 Å². The number of hydrogen-bond donors (Lipinski definition) is 0. The third-order valence-electron chi connectivity index (χ3n) is 6.86. The van der Waals surface area contributed by atoms with Crippen LogP contribution < -0.4 is 5.36 Å². The molecule has 3 aromatic rings. The molecule has 1 heterocycles. The van der Waals surface area contributed by atoms with Gasteiger partial charge in [-0.15, -0.1) is 11.3 Å². The Morgan fingerprint density at radius 3 is 1.72 bits per heavy atom. The summed E-state index contributed by atoms with van der Waals surface area (Å²) in [6.45, 7) is 0. The van der Waals surface area contributed by atoms with Gasteiger partial charge in [0.05, 0.1) is 10.9 Å². The summed E-state index contributed by atoms with van der Waals surface area (Å²) in [6.07, 6.45) is 8.44. The maximum atomic E-state index is 5.61. The van der Waals surface area contributed by atoms with Crippen molar-refractivity contribution in [3.8, 4) is 0 Å². The molecule has 0 radical (unpaired) electrons. The van der Waals surface area contributed by atoms with E-state index in [1.807, 2.05) is 11.3 Å². The van der Waals surface area contributed by atoms with Crippen LogP contribution in [0.1, 0.15) is 38.5 Å². The highest BCUT2D eigenvalue weighted by Crippen LogP contribution is 2.57. The summed E-state index contributed by atoms with van der Waals surface area (Å²) in [7, 11) is 0. The van der Waals surface area contributed by atoms with Crippen LogP contribution in [0.5, 0.6) is 0 Å². The predicted octanol–water partition coefficient (Wildman–Crippen LogP) is 5.92. The second kappa shape index (κ2) is 5.17. The number of rotatable bonds is 1. The predicted molar refractivity (Wildman–Crippen MR) is 106 cm³/mol. The van der Waals surface area contributed by atoms with Gasteiger partial charge in [-0.05, 0) is 68.4 Å². The second-order valence-electron chi connectivity index (χ2n) is 8.70. The van der Waals surface area contributed by atoms with E-state index in [4.69, 9.17) is 4.99 Å². The first-order valence-corrected chi connectivity index (χ1v) is 10.6. The van der Waals surface area contributed by atoms with Crippen LogP contribution in [0, 0.1) is 17.8 Å². The molecule has 2 heteroatoms. The zero-order valence-electron chi connectivity index (χ0n) is 14.4. The standard InChI is InChI=1S/C23H23NS/c1-3-7-20-18(5-1)22(19-6-2-4-8-21(19)25-20)24-23-12-15-9-16(13-23)11-17(10-15)14-23/h1-8,15-17H,9-14H2. The Morgan fingerprint density at radius 1 is 0.720 bits per heavy atom. The van der Waals surface area contributed by atoms with Crippen LogP contribution in [0.25, 0.3) is 20.2 Å². The minimum Gasteiger partial charge on any atom is -0.277 e. The molecule has 2 aromatic carbocycles. The molecule has 4 aliphatic rings. The first kappa shape index (κ1) is 14.5. The Hall–Kier alpha value is -1.67. The van der Waals surface area contributed by atoms with Crippen LogP contribution in [0.15, 0.2) is 53.5 Å². The fourth-order valence-corrected chi connectivity index (χ4v) is 7.41. The molecule has 4 aliphatic carbocycles. The van der Waals surface area contributed by atoms with Gasteiger partial charge in [0.15, 0.2) is 0 Å². The number of nitrogens with zero attached hydrogens (tertiary/aromatic N) is 1. The fraction of sp³-hybridized carbons (Fsp3) is 0.435. The molecule has 0 unspecified atom stereocenters. The molecular formula is C23H23NS. The maximum absolute atomic E-state index is 5.61. The molecule has 7 rings (SSSR count). The van der Waals surface area contributed by atoms with Crippen LogP contribution >= 0.6 is 11.3 Å². The molecular weight excluding hydrogens is 322 g/mol. The van der Waals surface area contributed by atoms with Gasteiger partial charge in [0.2, 0.25) is 0 Å². The Morgan fingerprint density at radius 2 is 1.20 bits per heavy atom. The number of benzene rings is 2. The zero-order valence-corrected chi connectivity index (χ0v) is 15.3. The van der Waals surface area contributed by atoms with Crippen LogP contribution in [0.2, 0.25) is 0 Å². The van der Waals surface area contributed by atoms with E-state index < -0.39 is 0 Å². The maximum Gasteiger partial charge on any atom is 0.0754 e. The Bertz CT molecular complexity index is 952. The van der Waals surface area contributed by atoms with Crippen molar-refractivity contribution in [2.24, 2.45) is 22.7 Å². The molecule has 0 amide bonds. The molecule has 4 bridgehead atoms. The lowest BCUT2D eigenvalue weighted by Crippen LogP contribution is -2.50. The van der Waals surface area contributed by atoms with Gasteiger partial charge >= 0.3 is 0 Å². The lowest BCUT2D eigenvalue weighted by atomic mass is 9.53. The Balaban J connectivity index is 1.66. The third-order valence-corrected chi connectivity index (χ3v) is 8.01. The zero-order chi connectivity index (χ0) is 16.4. The highest BCUT2D eigenvalue weighted by atomic mass is 32.1. The normalized spacial score (nSPS) is 33.2. The summed E-state index contributed by atoms with van der Waals surface area (Å²) >= 11 is 1.90. The van der Waals surface area contributed by atoms with E-state index in [1.54, 1.807) is 0 Å². The van der Waals surface area contributed by atoms with E-state index in [0.29, 0.717) is 0 Å². The topological polar surface area (TPSA) is 12.4 Å². The SMILES string of the molecule is c1ccc2c(=NC34CC5CC(CC(C5)C3)C4)c3ccccc3sc2c1. The molecule has 0 atom stereocenters. The average molecular weight is 346 g/mol. The van der Waals surface area contributed by atoms with Gasteiger partial charge in [-0.25, -0.2) is 0 Å². The summed E-state index contributed by atoms with van der Waals surface area (Å²) in [5.41, 5.74) is 0.228. The quantitative estimate of drug-likeness (QED) is 0.485. The number of fused-ring (bicyclic) bond motifs is 2.